The standard InChI is InChI=1S/C17H16Cl2N2O3S/c1-11-13(18)9-20-17(16(11)19)21-14(22)10-24-15(23)7-8-25-12-5-3-2-4-6-12/h2-6,9H,7-8,10H2,1H3,(H,20,21,22). The van der Waals surface area contributed by atoms with Crippen molar-refractivity contribution in [3.05, 3.63) is 52.1 Å². The normalized spacial score (nSPS) is 10.4. The molecule has 0 aliphatic heterocycles. The van der Waals surface area contributed by atoms with Crippen molar-refractivity contribution < 1.29 is 14.3 Å². The van der Waals surface area contributed by atoms with Gasteiger partial charge in [-0.05, 0) is 24.6 Å². The van der Waals surface area contributed by atoms with Gasteiger partial charge in [-0.3, -0.25) is 9.59 Å². The molecule has 25 heavy (non-hydrogen) atoms. The summed E-state index contributed by atoms with van der Waals surface area (Å²) >= 11 is 13.5. The van der Waals surface area contributed by atoms with E-state index < -0.39 is 18.5 Å². The minimum absolute atomic E-state index is 0.184. The van der Waals surface area contributed by atoms with Gasteiger partial charge in [0.2, 0.25) is 0 Å². The highest BCUT2D eigenvalue weighted by Gasteiger charge is 2.13. The Labute approximate surface area is 160 Å². The minimum Gasteiger partial charge on any atom is -0.456 e. The number of rotatable bonds is 7. The zero-order valence-corrected chi connectivity index (χ0v) is 15.7. The minimum atomic E-state index is -0.514. The Hall–Kier alpha value is -1.76. The van der Waals surface area contributed by atoms with Gasteiger partial charge >= 0.3 is 5.97 Å². The Balaban J connectivity index is 1.72. The Morgan fingerprint density at radius 2 is 1.96 bits per heavy atom. The number of esters is 1. The molecule has 5 nitrogen and oxygen atoms in total. The summed E-state index contributed by atoms with van der Waals surface area (Å²) < 4.78 is 4.95. The zero-order valence-electron chi connectivity index (χ0n) is 13.4. The third-order valence-electron chi connectivity index (χ3n) is 3.14. The molecule has 8 heteroatoms. The van der Waals surface area contributed by atoms with Crippen LogP contribution in [0.2, 0.25) is 10.0 Å². The van der Waals surface area contributed by atoms with Gasteiger partial charge in [0.05, 0.1) is 16.5 Å². The van der Waals surface area contributed by atoms with Gasteiger partial charge in [0, 0.05) is 16.8 Å². The molecule has 2 aromatic rings. The first-order valence-corrected chi connectivity index (χ1v) is 9.15. The molecule has 1 amide bonds. The van der Waals surface area contributed by atoms with Crippen LogP contribution in [0.15, 0.2) is 41.4 Å². The number of amides is 1. The second-order valence-corrected chi connectivity index (χ2v) is 6.97. The van der Waals surface area contributed by atoms with Crippen molar-refractivity contribution in [3.8, 4) is 0 Å². The number of anilines is 1. The van der Waals surface area contributed by atoms with Crippen molar-refractivity contribution >= 4 is 52.7 Å². The number of thioether (sulfide) groups is 1. The van der Waals surface area contributed by atoms with Gasteiger partial charge in [-0.2, -0.15) is 0 Å². The van der Waals surface area contributed by atoms with Crippen LogP contribution < -0.4 is 5.32 Å². The lowest BCUT2D eigenvalue weighted by molar-refractivity contribution is -0.146. The van der Waals surface area contributed by atoms with Crippen molar-refractivity contribution in [2.45, 2.75) is 18.2 Å². The largest absolute Gasteiger partial charge is 0.456 e. The van der Waals surface area contributed by atoms with Crippen LogP contribution in [-0.2, 0) is 14.3 Å². The monoisotopic (exact) mass is 398 g/mol. The highest BCUT2D eigenvalue weighted by atomic mass is 35.5. The van der Waals surface area contributed by atoms with E-state index in [1.54, 1.807) is 18.7 Å². The van der Waals surface area contributed by atoms with Crippen LogP contribution in [0.1, 0.15) is 12.0 Å². The maximum Gasteiger partial charge on any atom is 0.307 e. The molecule has 0 bridgehead atoms. The number of pyridine rings is 1. The fourth-order valence-corrected chi connectivity index (χ4v) is 3.04. The maximum atomic E-state index is 11.8. The summed E-state index contributed by atoms with van der Waals surface area (Å²) in [5.41, 5.74) is 0.614. The predicted octanol–water partition coefficient (Wildman–Crippen LogP) is 4.36. The first-order valence-electron chi connectivity index (χ1n) is 7.41. The lowest BCUT2D eigenvalue weighted by Gasteiger charge is -2.09. The SMILES string of the molecule is Cc1c(Cl)cnc(NC(=O)COC(=O)CCSc2ccccc2)c1Cl. The zero-order chi connectivity index (χ0) is 18.2. The van der Waals surface area contributed by atoms with E-state index in [-0.39, 0.29) is 17.3 Å². The molecule has 0 fully saturated rings. The quantitative estimate of drug-likeness (QED) is 0.554. The van der Waals surface area contributed by atoms with Crippen molar-refractivity contribution in [2.24, 2.45) is 0 Å². The van der Waals surface area contributed by atoms with Crippen LogP contribution in [0, 0.1) is 6.92 Å². The lowest BCUT2D eigenvalue weighted by atomic mass is 10.3. The molecule has 0 radical (unpaired) electrons. The molecule has 1 N–H and O–H groups in total. The number of nitrogens with one attached hydrogen (secondary N) is 1. The lowest BCUT2D eigenvalue weighted by Crippen LogP contribution is -2.21. The van der Waals surface area contributed by atoms with E-state index in [4.69, 9.17) is 27.9 Å². The van der Waals surface area contributed by atoms with Crippen molar-refractivity contribution in [2.75, 3.05) is 17.7 Å². The summed E-state index contributed by atoms with van der Waals surface area (Å²) in [5.74, 6) is -0.192. The third kappa shape index (κ3) is 6.23. The molecule has 0 aliphatic rings. The first kappa shape index (κ1) is 19.6. The Morgan fingerprint density at radius 3 is 2.68 bits per heavy atom. The predicted molar refractivity (Wildman–Crippen MR) is 100 cm³/mol. The Kier molecular flexibility index (Phi) is 7.55. The smallest absolute Gasteiger partial charge is 0.307 e. The summed E-state index contributed by atoms with van der Waals surface area (Å²) in [5, 5.41) is 3.16. The second-order valence-electron chi connectivity index (χ2n) is 5.01. The summed E-state index contributed by atoms with van der Waals surface area (Å²) in [6, 6.07) is 9.73. The average Bonchev–Trinajstić information content (AvgIpc) is 2.61. The van der Waals surface area contributed by atoms with Crippen molar-refractivity contribution in [1.82, 2.24) is 4.98 Å². The van der Waals surface area contributed by atoms with Gasteiger partial charge in [0.15, 0.2) is 12.4 Å². The van der Waals surface area contributed by atoms with Crippen LogP contribution in [0.4, 0.5) is 5.82 Å². The fraction of sp³-hybridized carbons (Fsp3) is 0.235. The topological polar surface area (TPSA) is 68.3 Å². The molecule has 0 saturated carbocycles. The molecular formula is C17H16Cl2N2O3S. The highest BCUT2D eigenvalue weighted by molar-refractivity contribution is 7.99. The van der Waals surface area contributed by atoms with Crippen LogP contribution in [0.5, 0.6) is 0 Å². The second kappa shape index (κ2) is 9.65. The van der Waals surface area contributed by atoms with Crippen molar-refractivity contribution in [3.63, 3.8) is 0 Å². The number of carbonyl (C=O) groups is 2. The van der Waals surface area contributed by atoms with Gasteiger partial charge in [-0.25, -0.2) is 4.98 Å². The highest BCUT2D eigenvalue weighted by Crippen LogP contribution is 2.28. The summed E-state index contributed by atoms with van der Waals surface area (Å²) in [6.07, 6.45) is 1.61. The van der Waals surface area contributed by atoms with E-state index in [1.807, 2.05) is 30.3 Å². The average molecular weight is 399 g/mol. The van der Waals surface area contributed by atoms with Gasteiger partial charge in [-0.1, -0.05) is 41.4 Å². The van der Waals surface area contributed by atoms with Gasteiger partial charge in [0.25, 0.3) is 5.91 Å². The molecule has 0 unspecified atom stereocenters. The summed E-state index contributed by atoms with van der Waals surface area (Å²) in [7, 11) is 0. The number of benzene rings is 1. The van der Waals surface area contributed by atoms with E-state index in [0.717, 1.165) is 4.90 Å². The van der Waals surface area contributed by atoms with Gasteiger partial charge in [-0.15, -0.1) is 11.8 Å². The summed E-state index contributed by atoms with van der Waals surface area (Å²) in [4.78, 5) is 28.5. The Bertz CT molecular complexity index is 757. The Morgan fingerprint density at radius 1 is 1.24 bits per heavy atom. The molecule has 0 spiro atoms. The molecule has 1 aromatic carbocycles. The fourth-order valence-electron chi connectivity index (χ4n) is 1.80. The number of aromatic nitrogens is 1. The maximum absolute atomic E-state index is 11.8. The van der Waals surface area contributed by atoms with Gasteiger partial charge in [0.1, 0.15) is 0 Å². The number of nitrogens with zero attached hydrogens (tertiary/aromatic N) is 1. The van der Waals surface area contributed by atoms with Crippen LogP contribution in [-0.4, -0.2) is 29.2 Å². The number of ether oxygens (including phenoxy) is 1. The molecule has 0 atom stereocenters. The molecule has 1 heterocycles. The van der Waals surface area contributed by atoms with E-state index >= 15 is 0 Å². The first-order chi connectivity index (χ1) is 12.0. The van der Waals surface area contributed by atoms with E-state index in [0.29, 0.717) is 16.3 Å². The molecule has 2 rings (SSSR count). The summed E-state index contributed by atoms with van der Waals surface area (Å²) in [6.45, 7) is 1.32. The van der Waals surface area contributed by atoms with Crippen LogP contribution in [0.3, 0.4) is 0 Å². The molecule has 0 aliphatic carbocycles. The number of halogens is 2. The van der Waals surface area contributed by atoms with E-state index in [9.17, 15) is 9.59 Å². The number of hydrogen-bond donors (Lipinski definition) is 1. The molecule has 0 saturated heterocycles. The van der Waals surface area contributed by atoms with Crippen LogP contribution >= 0.6 is 35.0 Å². The van der Waals surface area contributed by atoms with Crippen molar-refractivity contribution in [1.29, 1.82) is 0 Å². The number of hydrogen-bond acceptors (Lipinski definition) is 5. The molecular weight excluding hydrogens is 383 g/mol. The van der Waals surface area contributed by atoms with Crippen LogP contribution in [0.25, 0.3) is 0 Å². The van der Waals surface area contributed by atoms with E-state index in [2.05, 4.69) is 10.3 Å². The van der Waals surface area contributed by atoms with E-state index in [1.165, 1.54) is 6.20 Å². The van der Waals surface area contributed by atoms with Gasteiger partial charge < -0.3 is 10.1 Å². The third-order valence-corrected chi connectivity index (χ3v) is 5.00. The number of carbonyl (C=O) groups excluding carboxylic acids is 2. The molecule has 132 valence electrons. The molecule has 1 aromatic heterocycles.